The predicted octanol–water partition coefficient (Wildman–Crippen LogP) is 2.05. The number of carbonyl (C=O) groups is 1. The summed E-state index contributed by atoms with van der Waals surface area (Å²) in [5.41, 5.74) is 5.83. The third-order valence-corrected chi connectivity index (χ3v) is 1.59. The van der Waals surface area contributed by atoms with Crippen molar-refractivity contribution in [2.24, 2.45) is 5.73 Å². The van der Waals surface area contributed by atoms with Crippen molar-refractivity contribution in [3.05, 3.63) is 34.9 Å². The fraction of sp³-hybridized carbons (Fsp3) is 0.222. The Bertz CT molecular complexity index is 294. The molecule has 1 aromatic rings. The summed E-state index contributed by atoms with van der Waals surface area (Å²) >= 11 is 9.24. The second kappa shape index (κ2) is 7.53. The van der Waals surface area contributed by atoms with E-state index in [0.29, 0.717) is 11.6 Å². The van der Waals surface area contributed by atoms with Gasteiger partial charge >= 0.3 is 6.03 Å². The highest BCUT2D eigenvalue weighted by atomic mass is 35.5. The smallest absolute Gasteiger partial charge is 0.312 e. The predicted molar refractivity (Wildman–Crippen MR) is 62.8 cm³/mol. The molecule has 78 valence electrons. The van der Waals surface area contributed by atoms with E-state index in [2.05, 4.69) is 17.9 Å². The first kappa shape index (κ1) is 13.1. The minimum atomic E-state index is -0.532. The molecule has 2 amide bonds. The molecule has 0 heterocycles. The second-order valence-corrected chi connectivity index (χ2v) is 2.78. The highest BCUT2D eigenvalue weighted by Gasteiger charge is 1.94. The van der Waals surface area contributed by atoms with Gasteiger partial charge in [-0.3, -0.25) is 0 Å². The standard InChI is InChI=1S/C8H9ClN2O.CH4S/c9-7-3-1-2-6(4-7)5-11-8(10)12;1-2/h1-4H,5H2,(H3,10,11,12);2H,1H3. The largest absolute Gasteiger partial charge is 0.352 e. The van der Waals surface area contributed by atoms with Gasteiger partial charge in [-0.1, -0.05) is 23.7 Å². The molecule has 0 saturated carbocycles. The number of carbonyl (C=O) groups excluding carboxylic acids is 1. The lowest BCUT2D eigenvalue weighted by Gasteiger charge is -2.01. The summed E-state index contributed by atoms with van der Waals surface area (Å²) in [6.45, 7) is 0.413. The molecule has 0 saturated heterocycles. The summed E-state index contributed by atoms with van der Waals surface area (Å²) in [5.74, 6) is 0. The van der Waals surface area contributed by atoms with Gasteiger partial charge in [0.15, 0.2) is 0 Å². The van der Waals surface area contributed by atoms with Gasteiger partial charge in [0.1, 0.15) is 0 Å². The van der Waals surface area contributed by atoms with Crippen LogP contribution in [0.25, 0.3) is 0 Å². The number of hydrogen-bond donors (Lipinski definition) is 3. The lowest BCUT2D eigenvalue weighted by atomic mass is 10.2. The molecule has 0 spiro atoms. The first-order valence-electron chi connectivity index (χ1n) is 3.91. The molecule has 0 fully saturated rings. The zero-order valence-corrected chi connectivity index (χ0v) is 9.48. The van der Waals surface area contributed by atoms with Crippen molar-refractivity contribution in [2.45, 2.75) is 6.54 Å². The van der Waals surface area contributed by atoms with E-state index in [0.717, 1.165) is 5.56 Å². The Kier molecular flexibility index (Phi) is 7.06. The number of amides is 2. The number of nitrogens with one attached hydrogen (secondary N) is 1. The van der Waals surface area contributed by atoms with Crippen LogP contribution in [0.5, 0.6) is 0 Å². The molecule has 0 aliphatic heterocycles. The van der Waals surface area contributed by atoms with E-state index >= 15 is 0 Å². The van der Waals surface area contributed by atoms with Crippen LogP contribution in [0, 0.1) is 0 Å². The van der Waals surface area contributed by atoms with Gasteiger partial charge < -0.3 is 11.1 Å². The lowest BCUT2D eigenvalue weighted by Crippen LogP contribution is -2.28. The van der Waals surface area contributed by atoms with Crippen LogP contribution in [0.4, 0.5) is 4.79 Å². The molecule has 3 nitrogen and oxygen atoms in total. The average molecular weight is 233 g/mol. The number of benzene rings is 1. The van der Waals surface area contributed by atoms with E-state index in [9.17, 15) is 4.79 Å². The third-order valence-electron chi connectivity index (χ3n) is 1.36. The Hall–Kier alpha value is -0.870. The molecule has 14 heavy (non-hydrogen) atoms. The second-order valence-electron chi connectivity index (χ2n) is 2.35. The fourth-order valence-corrected chi connectivity index (χ4v) is 1.05. The Morgan fingerprint density at radius 3 is 2.71 bits per heavy atom. The van der Waals surface area contributed by atoms with E-state index in [1.54, 1.807) is 18.4 Å². The molecule has 1 rings (SSSR count). The minimum Gasteiger partial charge on any atom is -0.352 e. The van der Waals surface area contributed by atoms with Crippen LogP contribution in [0.15, 0.2) is 24.3 Å². The van der Waals surface area contributed by atoms with Gasteiger partial charge in [0, 0.05) is 11.6 Å². The average Bonchev–Trinajstić information content (AvgIpc) is 2.18. The monoisotopic (exact) mass is 232 g/mol. The van der Waals surface area contributed by atoms with Gasteiger partial charge in [0.2, 0.25) is 0 Å². The van der Waals surface area contributed by atoms with Crippen molar-refractivity contribution >= 4 is 30.3 Å². The zero-order chi connectivity index (χ0) is 11.0. The maximum Gasteiger partial charge on any atom is 0.312 e. The van der Waals surface area contributed by atoms with Crippen molar-refractivity contribution in [3.8, 4) is 0 Å². The molecule has 5 heteroatoms. The SMILES string of the molecule is CS.NC(=O)NCc1cccc(Cl)c1. The molecule has 0 radical (unpaired) electrons. The van der Waals surface area contributed by atoms with Gasteiger partial charge in [-0.15, -0.1) is 0 Å². The number of rotatable bonds is 2. The summed E-state index contributed by atoms with van der Waals surface area (Å²) in [5, 5.41) is 3.12. The van der Waals surface area contributed by atoms with Crippen LogP contribution in [0.3, 0.4) is 0 Å². The molecule has 0 aliphatic rings. The van der Waals surface area contributed by atoms with Crippen molar-refractivity contribution in [1.82, 2.24) is 5.32 Å². The van der Waals surface area contributed by atoms with Crippen molar-refractivity contribution in [2.75, 3.05) is 6.26 Å². The first-order valence-corrected chi connectivity index (χ1v) is 5.18. The summed E-state index contributed by atoms with van der Waals surface area (Å²) in [4.78, 5) is 10.3. The van der Waals surface area contributed by atoms with Crippen LogP contribution in [-0.4, -0.2) is 12.3 Å². The highest BCUT2D eigenvalue weighted by Crippen LogP contribution is 2.09. The Morgan fingerprint density at radius 2 is 2.21 bits per heavy atom. The van der Waals surface area contributed by atoms with Crippen molar-refractivity contribution in [1.29, 1.82) is 0 Å². The summed E-state index contributed by atoms with van der Waals surface area (Å²) in [6, 6.07) is 6.70. The van der Waals surface area contributed by atoms with Crippen LogP contribution in [-0.2, 0) is 6.54 Å². The molecule has 0 aliphatic carbocycles. The van der Waals surface area contributed by atoms with Crippen molar-refractivity contribution < 1.29 is 4.79 Å². The molecule has 3 N–H and O–H groups in total. The number of thiol groups is 1. The summed E-state index contributed by atoms with van der Waals surface area (Å²) in [6.07, 6.45) is 1.69. The minimum absolute atomic E-state index is 0.413. The van der Waals surface area contributed by atoms with Gasteiger partial charge in [-0.2, -0.15) is 12.6 Å². The molecular formula is C9H13ClN2OS. The molecule has 0 bridgehead atoms. The van der Waals surface area contributed by atoms with Crippen molar-refractivity contribution in [3.63, 3.8) is 0 Å². The Labute approximate surface area is 94.0 Å². The lowest BCUT2D eigenvalue weighted by molar-refractivity contribution is 0.248. The molecule has 0 unspecified atom stereocenters. The quantitative estimate of drug-likeness (QED) is 0.672. The summed E-state index contributed by atoms with van der Waals surface area (Å²) in [7, 11) is 0. The van der Waals surface area contributed by atoms with E-state index in [1.165, 1.54) is 0 Å². The molecule has 1 aromatic carbocycles. The van der Waals surface area contributed by atoms with Crippen LogP contribution < -0.4 is 11.1 Å². The van der Waals surface area contributed by atoms with Gasteiger partial charge in [-0.25, -0.2) is 4.79 Å². The van der Waals surface area contributed by atoms with E-state index < -0.39 is 6.03 Å². The van der Waals surface area contributed by atoms with Crippen LogP contribution in [0.2, 0.25) is 5.02 Å². The van der Waals surface area contributed by atoms with Crippen LogP contribution >= 0.6 is 24.2 Å². The first-order chi connectivity index (χ1) is 6.68. The van der Waals surface area contributed by atoms with E-state index in [4.69, 9.17) is 17.3 Å². The Balaban J connectivity index is 0.000000791. The maximum atomic E-state index is 10.3. The highest BCUT2D eigenvalue weighted by molar-refractivity contribution is 7.79. The topological polar surface area (TPSA) is 55.1 Å². The molecular weight excluding hydrogens is 220 g/mol. The number of primary amides is 1. The maximum absolute atomic E-state index is 10.3. The van der Waals surface area contributed by atoms with E-state index in [1.807, 2.05) is 12.1 Å². The number of hydrogen-bond acceptors (Lipinski definition) is 2. The van der Waals surface area contributed by atoms with Gasteiger partial charge in [0.25, 0.3) is 0 Å². The number of nitrogens with two attached hydrogens (primary N) is 1. The fourth-order valence-electron chi connectivity index (χ4n) is 0.836. The number of halogens is 1. The van der Waals surface area contributed by atoms with E-state index in [-0.39, 0.29) is 0 Å². The molecule has 0 atom stereocenters. The number of urea groups is 1. The Morgan fingerprint density at radius 1 is 1.57 bits per heavy atom. The molecule has 0 aromatic heterocycles. The summed E-state index contributed by atoms with van der Waals surface area (Å²) < 4.78 is 0. The van der Waals surface area contributed by atoms with Crippen LogP contribution in [0.1, 0.15) is 5.56 Å². The van der Waals surface area contributed by atoms with Gasteiger partial charge in [-0.05, 0) is 24.0 Å². The third kappa shape index (κ3) is 5.72. The van der Waals surface area contributed by atoms with Gasteiger partial charge in [0.05, 0.1) is 0 Å². The zero-order valence-electron chi connectivity index (χ0n) is 7.83. The normalized spacial score (nSPS) is 8.50.